The van der Waals surface area contributed by atoms with Gasteiger partial charge in [-0.1, -0.05) is 6.92 Å². The second-order valence-corrected chi connectivity index (χ2v) is 3.49. The molecule has 0 aromatic rings. The first kappa shape index (κ1) is 9.77. The quantitative estimate of drug-likeness (QED) is 0.640. The maximum Gasteiger partial charge on any atom is 0.449 e. The SMILES string of the molecule is CCC1=C(C(F)(F)F)OCCS1. The molecule has 0 aliphatic carbocycles. The lowest BCUT2D eigenvalue weighted by atomic mass is 10.3. The molecule has 0 radical (unpaired) electrons. The second kappa shape index (κ2) is 3.60. The lowest BCUT2D eigenvalue weighted by Crippen LogP contribution is -2.20. The third kappa shape index (κ3) is 2.09. The fourth-order valence-electron chi connectivity index (χ4n) is 0.957. The van der Waals surface area contributed by atoms with Crippen LogP contribution in [0, 0.1) is 0 Å². The minimum atomic E-state index is -4.32. The predicted octanol–water partition coefficient (Wildman–Crippen LogP) is 2.93. The summed E-state index contributed by atoms with van der Waals surface area (Å²) < 4.78 is 41.1. The zero-order valence-electron chi connectivity index (χ0n) is 6.57. The number of hydrogen-bond donors (Lipinski definition) is 0. The number of hydrogen-bond acceptors (Lipinski definition) is 2. The molecule has 0 bridgehead atoms. The van der Waals surface area contributed by atoms with Gasteiger partial charge in [-0.3, -0.25) is 0 Å². The zero-order chi connectivity index (χ0) is 9.19. The third-order valence-electron chi connectivity index (χ3n) is 1.44. The Kier molecular flexibility index (Phi) is 2.93. The monoisotopic (exact) mass is 198 g/mol. The molecule has 0 unspecified atom stereocenters. The molecule has 0 N–H and O–H groups in total. The van der Waals surface area contributed by atoms with Crippen LogP contribution in [0.4, 0.5) is 13.2 Å². The Labute approximate surface area is 73.0 Å². The van der Waals surface area contributed by atoms with Gasteiger partial charge in [-0.15, -0.1) is 11.8 Å². The van der Waals surface area contributed by atoms with Crippen molar-refractivity contribution in [2.75, 3.05) is 12.4 Å². The predicted molar refractivity (Wildman–Crippen MR) is 41.8 cm³/mol. The van der Waals surface area contributed by atoms with E-state index in [2.05, 4.69) is 4.74 Å². The van der Waals surface area contributed by atoms with E-state index in [-0.39, 0.29) is 6.61 Å². The van der Waals surface area contributed by atoms with Crippen molar-refractivity contribution in [3.05, 3.63) is 10.7 Å². The van der Waals surface area contributed by atoms with Gasteiger partial charge in [0.25, 0.3) is 0 Å². The summed E-state index contributed by atoms with van der Waals surface area (Å²) in [5, 5.41) is 0. The number of ether oxygens (including phenoxy) is 1. The van der Waals surface area contributed by atoms with Crippen LogP contribution in [0.2, 0.25) is 0 Å². The first-order chi connectivity index (χ1) is 5.55. The van der Waals surface area contributed by atoms with Gasteiger partial charge < -0.3 is 4.74 Å². The molecule has 0 aromatic heterocycles. The van der Waals surface area contributed by atoms with Crippen LogP contribution >= 0.6 is 11.8 Å². The van der Waals surface area contributed by atoms with Gasteiger partial charge in [0, 0.05) is 10.7 Å². The fraction of sp³-hybridized carbons (Fsp3) is 0.714. The van der Waals surface area contributed by atoms with Gasteiger partial charge in [0.1, 0.15) is 0 Å². The zero-order valence-corrected chi connectivity index (χ0v) is 7.39. The number of allylic oxidation sites excluding steroid dienone is 2. The molecule has 5 heteroatoms. The van der Waals surface area contributed by atoms with E-state index in [1.807, 2.05) is 0 Å². The van der Waals surface area contributed by atoms with Gasteiger partial charge in [-0.2, -0.15) is 13.2 Å². The van der Waals surface area contributed by atoms with Gasteiger partial charge in [0.05, 0.1) is 6.61 Å². The molecule has 1 rings (SSSR count). The highest BCUT2D eigenvalue weighted by Crippen LogP contribution is 2.37. The molecule has 0 amide bonds. The van der Waals surface area contributed by atoms with Crippen LogP contribution < -0.4 is 0 Å². The van der Waals surface area contributed by atoms with Crippen LogP contribution in [-0.2, 0) is 4.74 Å². The molecular weight excluding hydrogens is 189 g/mol. The van der Waals surface area contributed by atoms with E-state index in [1.54, 1.807) is 6.92 Å². The third-order valence-corrected chi connectivity index (χ3v) is 2.63. The molecule has 70 valence electrons. The second-order valence-electron chi connectivity index (χ2n) is 2.30. The summed E-state index contributed by atoms with van der Waals surface area (Å²) in [7, 11) is 0. The smallest absolute Gasteiger partial charge is 0.449 e. The fourth-order valence-corrected chi connectivity index (χ4v) is 1.88. The summed E-state index contributed by atoms with van der Waals surface area (Å²) >= 11 is 1.23. The minimum absolute atomic E-state index is 0.156. The Morgan fingerprint density at radius 3 is 2.58 bits per heavy atom. The summed E-state index contributed by atoms with van der Waals surface area (Å²) in [6.45, 7) is 1.85. The molecule has 0 saturated heterocycles. The van der Waals surface area contributed by atoms with Crippen molar-refractivity contribution in [2.45, 2.75) is 19.5 Å². The van der Waals surface area contributed by atoms with Crippen LogP contribution in [0.3, 0.4) is 0 Å². The highest BCUT2D eigenvalue weighted by molar-refractivity contribution is 8.03. The summed E-state index contributed by atoms with van der Waals surface area (Å²) in [5.74, 6) is -0.177. The molecule has 0 spiro atoms. The lowest BCUT2D eigenvalue weighted by Gasteiger charge is -2.21. The number of halogens is 3. The molecule has 0 saturated carbocycles. The van der Waals surface area contributed by atoms with Crippen molar-refractivity contribution in [1.82, 2.24) is 0 Å². The van der Waals surface area contributed by atoms with E-state index in [4.69, 9.17) is 0 Å². The van der Waals surface area contributed by atoms with Crippen molar-refractivity contribution in [2.24, 2.45) is 0 Å². The van der Waals surface area contributed by atoms with Crippen LogP contribution in [0.5, 0.6) is 0 Å². The molecule has 12 heavy (non-hydrogen) atoms. The summed E-state index contributed by atoms with van der Waals surface area (Å²) in [6.07, 6.45) is -3.93. The highest BCUT2D eigenvalue weighted by Gasteiger charge is 2.39. The number of alkyl halides is 3. The topological polar surface area (TPSA) is 9.23 Å². The maximum atomic E-state index is 12.2. The van der Waals surface area contributed by atoms with E-state index in [0.29, 0.717) is 17.1 Å². The van der Waals surface area contributed by atoms with E-state index >= 15 is 0 Å². The van der Waals surface area contributed by atoms with Gasteiger partial charge in [-0.05, 0) is 6.42 Å². The molecule has 1 aliphatic heterocycles. The lowest BCUT2D eigenvalue weighted by molar-refractivity contribution is -0.131. The maximum absolute atomic E-state index is 12.2. The van der Waals surface area contributed by atoms with Crippen molar-refractivity contribution in [3.63, 3.8) is 0 Å². The standard InChI is InChI=1S/C7H9F3OS/c1-2-5-6(7(8,9)10)11-3-4-12-5/h2-4H2,1H3. The number of thioether (sulfide) groups is 1. The Bertz CT molecular complexity index is 197. The summed E-state index contributed by atoms with van der Waals surface area (Å²) in [4.78, 5) is 0.314. The van der Waals surface area contributed by atoms with E-state index in [9.17, 15) is 13.2 Å². The van der Waals surface area contributed by atoms with Crippen molar-refractivity contribution in [3.8, 4) is 0 Å². The first-order valence-corrected chi connectivity index (χ1v) is 4.60. The molecule has 1 aliphatic rings. The molecule has 1 nitrogen and oxygen atoms in total. The van der Waals surface area contributed by atoms with Crippen LogP contribution in [0.15, 0.2) is 10.7 Å². The molecule has 0 atom stereocenters. The minimum Gasteiger partial charge on any atom is -0.487 e. The van der Waals surface area contributed by atoms with E-state index < -0.39 is 11.9 Å². The van der Waals surface area contributed by atoms with Gasteiger partial charge in [0.15, 0.2) is 0 Å². The molecular formula is C7H9F3OS. The average Bonchev–Trinajstić information content (AvgIpc) is 2.03. The molecule has 0 aromatic carbocycles. The highest BCUT2D eigenvalue weighted by atomic mass is 32.2. The molecule has 0 fully saturated rings. The van der Waals surface area contributed by atoms with Crippen LogP contribution in [0.1, 0.15) is 13.3 Å². The Hall–Kier alpha value is -0.320. The van der Waals surface area contributed by atoms with Crippen molar-refractivity contribution >= 4 is 11.8 Å². The summed E-state index contributed by atoms with van der Waals surface area (Å²) in [6, 6.07) is 0. The van der Waals surface area contributed by atoms with Crippen LogP contribution in [-0.4, -0.2) is 18.5 Å². The average molecular weight is 198 g/mol. The first-order valence-electron chi connectivity index (χ1n) is 3.61. The van der Waals surface area contributed by atoms with Crippen molar-refractivity contribution in [1.29, 1.82) is 0 Å². The van der Waals surface area contributed by atoms with E-state index in [1.165, 1.54) is 11.8 Å². The summed E-state index contributed by atoms with van der Waals surface area (Å²) in [5.41, 5.74) is 0. The van der Waals surface area contributed by atoms with Gasteiger partial charge in [-0.25, -0.2) is 0 Å². The number of rotatable bonds is 1. The Balaban J connectivity index is 2.87. The van der Waals surface area contributed by atoms with Gasteiger partial charge >= 0.3 is 6.18 Å². The largest absolute Gasteiger partial charge is 0.487 e. The van der Waals surface area contributed by atoms with E-state index in [0.717, 1.165) is 0 Å². The Morgan fingerprint density at radius 1 is 1.50 bits per heavy atom. The normalized spacial score (nSPS) is 19.3. The van der Waals surface area contributed by atoms with Gasteiger partial charge in [0.2, 0.25) is 5.76 Å². The molecule has 1 heterocycles. The van der Waals surface area contributed by atoms with Crippen molar-refractivity contribution < 1.29 is 17.9 Å². The van der Waals surface area contributed by atoms with Crippen LogP contribution in [0.25, 0.3) is 0 Å². The Morgan fingerprint density at radius 2 is 2.17 bits per heavy atom.